The molecule has 2 nitrogen and oxygen atoms in total. The van der Waals surface area contributed by atoms with Crippen LogP contribution in [0.4, 0.5) is 0 Å². The van der Waals surface area contributed by atoms with Gasteiger partial charge in [-0.25, -0.2) is 4.57 Å². The first-order valence-corrected chi connectivity index (χ1v) is 14.4. The number of hydrogen-bond acceptors (Lipinski definition) is 0. The average molecular weight is 551 g/mol. The molecule has 1 aromatic heterocycles. The molecule has 2 heteroatoms. The van der Waals surface area contributed by atoms with Crippen molar-refractivity contribution >= 4 is 11.0 Å². The number of imidazole rings is 1. The van der Waals surface area contributed by atoms with Crippen molar-refractivity contribution in [2.75, 3.05) is 0 Å². The Kier molecular flexibility index (Phi) is 5.65. The Balaban J connectivity index is 1.90. The molecule has 0 atom stereocenters. The predicted octanol–water partition coefficient (Wildman–Crippen LogP) is 10.2. The first-order chi connectivity index (χ1) is 22.0. The van der Waals surface area contributed by atoms with Gasteiger partial charge in [0.15, 0.2) is 11.0 Å². The highest BCUT2D eigenvalue weighted by Gasteiger charge is 2.31. The molecule has 5 aromatic rings. The van der Waals surface area contributed by atoms with Crippen LogP contribution >= 0.6 is 0 Å². The van der Waals surface area contributed by atoms with Gasteiger partial charge in [0.2, 0.25) is 0 Å². The third-order valence-electron chi connectivity index (χ3n) is 7.67. The number of para-hydroxylation sites is 3. The zero-order valence-corrected chi connectivity index (χ0v) is 25.9. The SMILES string of the molecule is [2H]C([2H])([2H])c1cc(C)c(-c2n(-c3c(C([2H])(C)C)cccc3C([2H])(C)C)c3ccccc3[n+]2C)cc1-c1ccc(C([2H])([2H])C(C)(C)C)cc1. The second kappa shape index (κ2) is 11.0. The van der Waals surface area contributed by atoms with Gasteiger partial charge in [0.25, 0.3) is 5.82 Å². The first kappa shape index (κ1) is 21.1. The number of aryl methyl sites for hydroxylation is 3. The van der Waals surface area contributed by atoms with E-state index in [9.17, 15) is 0 Å². The van der Waals surface area contributed by atoms with Crippen LogP contribution < -0.4 is 4.57 Å². The minimum atomic E-state index is -2.39. The maximum Gasteiger partial charge on any atom is 0.295 e. The summed E-state index contributed by atoms with van der Waals surface area (Å²) >= 11 is 0. The highest BCUT2D eigenvalue weighted by Crippen LogP contribution is 2.39. The van der Waals surface area contributed by atoms with Crippen molar-refractivity contribution in [2.24, 2.45) is 12.5 Å². The molecule has 0 bridgehead atoms. The lowest BCUT2D eigenvalue weighted by Crippen LogP contribution is -2.30. The molecule has 0 N–H and O–H groups in total. The van der Waals surface area contributed by atoms with Gasteiger partial charge in [-0.3, -0.25) is 0 Å². The molecule has 0 spiro atoms. The lowest BCUT2D eigenvalue weighted by atomic mass is 9.87. The Morgan fingerprint density at radius 2 is 1.46 bits per heavy atom. The molecule has 0 amide bonds. The Labute approximate surface area is 257 Å². The molecule has 5 rings (SSSR count). The zero-order chi connectivity index (χ0) is 35.8. The Hall–Kier alpha value is -3.65. The largest absolute Gasteiger partial charge is 0.295 e. The minimum absolute atomic E-state index is 0.223. The number of rotatable bonds is 6. The fraction of sp³-hybridized carbons (Fsp3) is 0.359. The summed E-state index contributed by atoms with van der Waals surface area (Å²) in [6.45, 7) is 12.6. The molecule has 0 aliphatic rings. The summed E-state index contributed by atoms with van der Waals surface area (Å²) < 4.78 is 65.5. The van der Waals surface area contributed by atoms with Gasteiger partial charge in [0.1, 0.15) is 5.69 Å². The van der Waals surface area contributed by atoms with Gasteiger partial charge >= 0.3 is 0 Å². The van der Waals surface area contributed by atoms with Gasteiger partial charge < -0.3 is 0 Å². The summed E-state index contributed by atoms with van der Waals surface area (Å²) in [4.78, 5) is 0. The number of aromatic nitrogens is 2. The van der Waals surface area contributed by atoms with Crippen LogP contribution in [0.25, 0.3) is 39.2 Å². The Morgan fingerprint density at radius 1 is 0.829 bits per heavy atom. The first-order valence-electron chi connectivity index (χ1n) is 17.9. The van der Waals surface area contributed by atoms with Crippen LogP contribution in [0.5, 0.6) is 0 Å². The molecular weight excluding hydrogens is 496 g/mol. The van der Waals surface area contributed by atoms with Crippen molar-refractivity contribution in [3.63, 3.8) is 0 Å². The third-order valence-corrected chi connectivity index (χ3v) is 7.67. The molecule has 0 fully saturated rings. The molecule has 1 heterocycles. The van der Waals surface area contributed by atoms with Crippen LogP contribution in [0.3, 0.4) is 0 Å². The predicted molar refractivity (Wildman–Crippen MR) is 176 cm³/mol. The second-order valence-corrected chi connectivity index (χ2v) is 12.6. The van der Waals surface area contributed by atoms with Crippen LogP contribution in [0.2, 0.25) is 0 Å². The van der Waals surface area contributed by atoms with Crippen LogP contribution in [0.1, 0.15) is 97.7 Å². The summed E-state index contributed by atoms with van der Waals surface area (Å²) in [5.41, 5.74) is 7.15. The maximum absolute atomic E-state index is 9.17. The number of hydrogen-bond donors (Lipinski definition) is 0. The van der Waals surface area contributed by atoms with E-state index in [4.69, 9.17) is 9.60 Å². The molecule has 0 aliphatic carbocycles. The van der Waals surface area contributed by atoms with Gasteiger partial charge in [0.05, 0.1) is 12.6 Å². The monoisotopic (exact) mass is 550 g/mol. The van der Waals surface area contributed by atoms with Crippen molar-refractivity contribution in [3.8, 4) is 28.2 Å². The maximum atomic E-state index is 9.17. The number of benzene rings is 4. The zero-order valence-electron chi connectivity index (χ0n) is 32.9. The Bertz CT molecular complexity index is 1960. The Morgan fingerprint density at radius 3 is 2.05 bits per heavy atom. The highest BCUT2D eigenvalue weighted by atomic mass is 15.2. The van der Waals surface area contributed by atoms with Crippen molar-refractivity contribution in [2.45, 2.75) is 80.4 Å². The van der Waals surface area contributed by atoms with Gasteiger partial charge in [-0.2, -0.15) is 4.57 Å². The van der Waals surface area contributed by atoms with Crippen molar-refractivity contribution < 1.29 is 14.2 Å². The molecule has 0 aliphatic heterocycles. The van der Waals surface area contributed by atoms with Crippen LogP contribution in [-0.4, -0.2) is 4.57 Å². The number of nitrogens with zero attached hydrogens (tertiary/aromatic N) is 2. The summed E-state index contributed by atoms with van der Waals surface area (Å²) in [5, 5.41) is 0. The van der Waals surface area contributed by atoms with E-state index in [1.807, 2.05) is 123 Å². The lowest BCUT2D eigenvalue weighted by Gasteiger charge is -2.19. The van der Waals surface area contributed by atoms with Gasteiger partial charge in [-0.05, 0) is 83.4 Å². The minimum Gasteiger partial charge on any atom is -0.225 e. The molecule has 0 saturated heterocycles. The molecule has 41 heavy (non-hydrogen) atoms. The molecule has 212 valence electrons. The number of fused-ring (bicyclic) bond motifs is 1. The van der Waals surface area contributed by atoms with Crippen LogP contribution in [-0.2, 0) is 13.4 Å². The fourth-order valence-electron chi connectivity index (χ4n) is 5.79. The van der Waals surface area contributed by atoms with E-state index in [0.29, 0.717) is 16.7 Å². The van der Waals surface area contributed by atoms with Gasteiger partial charge in [0, 0.05) is 20.7 Å². The van der Waals surface area contributed by atoms with Crippen molar-refractivity contribution in [1.82, 2.24) is 4.57 Å². The molecule has 4 aromatic carbocycles. The lowest BCUT2D eigenvalue weighted by molar-refractivity contribution is -0.633. The highest BCUT2D eigenvalue weighted by molar-refractivity contribution is 5.83. The van der Waals surface area contributed by atoms with E-state index < -0.39 is 30.4 Å². The smallest absolute Gasteiger partial charge is 0.225 e. The van der Waals surface area contributed by atoms with Crippen molar-refractivity contribution in [1.29, 1.82) is 0 Å². The molecule has 0 unspecified atom stereocenters. The van der Waals surface area contributed by atoms with Gasteiger partial charge in [-0.1, -0.05) is 109 Å². The van der Waals surface area contributed by atoms with E-state index >= 15 is 0 Å². The summed E-state index contributed by atoms with van der Waals surface area (Å²) in [7, 11) is 1.99. The van der Waals surface area contributed by atoms with Crippen LogP contribution in [0, 0.1) is 19.2 Å². The fourth-order valence-corrected chi connectivity index (χ4v) is 5.79. The molecular formula is C39H47N2+. The van der Waals surface area contributed by atoms with Gasteiger partial charge in [-0.15, -0.1) is 0 Å². The summed E-state index contributed by atoms with van der Waals surface area (Å²) in [6.07, 6.45) is -1.59. The van der Waals surface area contributed by atoms with E-state index in [1.165, 1.54) is 0 Å². The van der Waals surface area contributed by atoms with E-state index in [-0.39, 0.29) is 5.56 Å². The quantitative estimate of drug-likeness (QED) is 0.186. The second-order valence-electron chi connectivity index (χ2n) is 12.6. The molecule has 0 radical (unpaired) electrons. The topological polar surface area (TPSA) is 8.81 Å². The van der Waals surface area contributed by atoms with Crippen molar-refractivity contribution in [3.05, 3.63) is 107 Å². The van der Waals surface area contributed by atoms with E-state index in [2.05, 4.69) is 9.13 Å². The van der Waals surface area contributed by atoms with E-state index in [0.717, 1.165) is 44.8 Å². The van der Waals surface area contributed by atoms with Crippen LogP contribution in [0.15, 0.2) is 78.9 Å². The van der Waals surface area contributed by atoms with E-state index in [1.54, 1.807) is 18.2 Å². The average Bonchev–Trinajstić information content (AvgIpc) is 3.26. The standard InChI is InChI=1S/C39H47N2/c1-25(2)31-14-13-15-32(26(3)4)37(31)41-36-17-12-11-16-35(36)40(10)38(41)34-23-33(27(5)22-28(34)6)30-20-18-29(19-21-30)24-39(7,8)9/h11-23,25-26H,24H2,1-10H3/q+1/i5D3,24D2,25D,26D. The summed E-state index contributed by atoms with van der Waals surface area (Å²) in [5.74, 6) is -1.17. The summed E-state index contributed by atoms with van der Waals surface area (Å²) in [6, 6.07) is 24.7. The molecule has 0 saturated carbocycles. The normalized spacial score (nSPS) is 15.9. The third kappa shape index (κ3) is 5.49.